The Balaban J connectivity index is 1.54. The highest BCUT2D eigenvalue weighted by Gasteiger charge is 2.26. The number of nitrogens with zero attached hydrogens (tertiary/aromatic N) is 3. The first-order chi connectivity index (χ1) is 8.85. The molecule has 0 amide bonds. The van der Waals surface area contributed by atoms with Crippen LogP contribution in [0.15, 0.2) is 18.3 Å². The summed E-state index contributed by atoms with van der Waals surface area (Å²) in [5.41, 5.74) is 7.76. The molecule has 98 valence electrons. The van der Waals surface area contributed by atoms with Gasteiger partial charge >= 0.3 is 0 Å². The van der Waals surface area contributed by atoms with Crippen molar-refractivity contribution in [1.82, 2.24) is 9.88 Å². The van der Waals surface area contributed by atoms with Gasteiger partial charge in [0.25, 0.3) is 0 Å². The standard InChI is InChI=1S/C14H22N4/c15-9-13-3-4-14(10-16-13)18-7-5-17(6-8-18)11-12-1-2-12/h3-4,10,12H,1-2,5-9,11,15H2. The normalized spacial score (nSPS) is 21.3. The molecule has 1 saturated heterocycles. The van der Waals surface area contributed by atoms with Crippen LogP contribution in [-0.4, -0.2) is 42.6 Å². The number of aromatic nitrogens is 1. The van der Waals surface area contributed by atoms with Crippen molar-refractivity contribution in [3.8, 4) is 0 Å². The summed E-state index contributed by atoms with van der Waals surface area (Å²) in [5.74, 6) is 1.00. The van der Waals surface area contributed by atoms with Crippen molar-refractivity contribution in [3.63, 3.8) is 0 Å². The number of hydrogen-bond donors (Lipinski definition) is 1. The Bertz CT molecular complexity index is 377. The SMILES string of the molecule is NCc1ccc(N2CCN(CC3CC3)CC2)cn1. The molecule has 2 N–H and O–H groups in total. The molecule has 4 nitrogen and oxygen atoms in total. The van der Waals surface area contributed by atoms with Gasteiger partial charge in [0.15, 0.2) is 0 Å². The van der Waals surface area contributed by atoms with Gasteiger partial charge in [0.05, 0.1) is 17.6 Å². The van der Waals surface area contributed by atoms with Gasteiger partial charge in [0, 0.05) is 39.3 Å². The molecule has 0 unspecified atom stereocenters. The van der Waals surface area contributed by atoms with Crippen LogP contribution in [0.2, 0.25) is 0 Å². The number of hydrogen-bond acceptors (Lipinski definition) is 4. The van der Waals surface area contributed by atoms with Crippen LogP contribution in [-0.2, 0) is 6.54 Å². The van der Waals surface area contributed by atoms with Crippen molar-refractivity contribution in [2.24, 2.45) is 11.7 Å². The fourth-order valence-corrected chi connectivity index (χ4v) is 2.58. The second kappa shape index (κ2) is 5.24. The smallest absolute Gasteiger partial charge is 0.0553 e. The molecule has 0 radical (unpaired) electrons. The summed E-state index contributed by atoms with van der Waals surface area (Å²) < 4.78 is 0. The highest BCUT2D eigenvalue weighted by Crippen LogP contribution is 2.30. The highest BCUT2D eigenvalue weighted by molar-refractivity contribution is 5.45. The van der Waals surface area contributed by atoms with Crippen LogP contribution >= 0.6 is 0 Å². The Kier molecular flexibility index (Phi) is 3.48. The van der Waals surface area contributed by atoms with Gasteiger partial charge in [-0.2, -0.15) is 0 Å². The van der Waals surface area contributed by atoms with E-state index in [9.17, 15) is 0 Å². The van der Waals surface area contributed by atoms with Gasteiger partial charge in [0.1, 0.15) is 0 Å². The third-order valence-corrected chi connectivity index (χ3v) is 3.97. The third kappa shape index (κ3) is 2.82. The number of nitrogens with two attached hydrogens (primary N) is 1. The lowest BCUT2D eigenvalue weighted by molar-refractivity contribution is 0.248. The van der Waals surface area contributed by atoms with Crippen molar-refractivity contribution >= 4 is 5.69 Å². The van der Waals surface area contributed by atoms with Crippen molar-refractivity contribution in [3.05, 3.63) is 24.0 Å². The summed E-state index contributed by atoms with van der Waals surface area (Å²) in [4.78, 5) is 9.40. The van der Waals surface area contributed by atoms with Gasteiger partial charge in [0.2, 0.25) is 0 Å². The van der Waals surface area contributed by atoms with Gasteiger partial charge in [-0.15, -0.1) is 0 Å². The number of anilines is 1. The second-order valence-electron chi connectivity index (χ2n) is 5.44. The summed E-state index contributed by atoms with van der Waals surface area (Å²) in [6, 6.07) is 4.18. The predicted octanol–water partition coefficient (Wildman–Crippen LogP) is 1.07. The molecule has 1 aliphatic heterocycles. The fraction of sp³-hybridized carbons (Fsp3) is 0.643. The van der Waals surface area contributed by atoms with E-state index >= 15 is 0 Å². The lowest BCUT2D eigenvalue weighted by Crippen LogP contribution is -2.47. The summed E-state index contributed by atoms with van der Waals surface area (Å²) in [6.45, 7) is 6.46. The zero-order valence-electron chi connectivity index (χ0n) is 10.9. The minimum absolute atomic E-state index is 0.523. The van der Waals surface area contributed by atoms with Gasteiger partial charge in [-0.25, -0.2) is 0 Å². The van der Waals surface area contributed by atoms with Gasteiger partial charge < -0.3 is 10.6 Å². The highest BCUT2D eigenvalue weighted by atomic mass is 15.3. The minimum Gasteiger partial charge on any atom is -0.368 e. The molecule has 1 aromatic rings. The average molecular weight is 246 g/mol. The Labute approximate surface area is 109 Å². The van der Waals surface area contributed by atoms with Crippen LogP contribution in [0.3, 0.4) is 0 Å². The Morgan fingerprint density at radius 2 is 1.94 bits per heavy atom. The zero-order valence-corrected chi connectivity index (χ0v) is 10.9. The van der Waals surface area contributed by atoms with E-state index in [1.165, 1.54) is 38.2 Å². The topological polar surface area (TPSA) is 45.4 Å². The maximum Gasteiger partial charge on any atom is 0.0553 e. The van der Waals surface area contributed by atoms with Gasteiger partial charge in [-0.05, 0) is 30.9 Å². The Hall–Kier alpha value is -1.13. The zero-order chi connectivity index (χ0) is 12.4. The molecule has 0 aromatic carbocycles. The molecule has 1 aliphatic carbocycles. The molecule has 1 aromatic heterocycles. The summed E-state index contributed by atoms with van der Waals surface area (Å²) in [6.07, 6.45) is 4.86. The maximum atomic E-state index is 5.57. The fourth-order valence-electron chi connectivity index (χ4n) is 2.58. The van der Waals surface area contributed by atoms with E-state index < -0.39 is 0 Å². The van der Waals surface area contributed by atoms with Crippen molar-refractivity contribution < 1.29 is 0 Å². The molecule has 0 atom stereocenters. The quantitative estimate of drug-likeness (QED) is 0.863. The van der Waals surface area contributed by atoms with E-state index in [4.69, 9.17) is 5.73 Å². The average Bonchev–Trinajstić information content (AvgIpc) is 3.24. The third-order valence-electron chi connectivity index (χ3n) is 3.97. The van der Waals surface area contributed by atoms with Crippen LogP contribution in [0, 0.1) is 5.92 Å². The molecule has 18 heavy (non-hydrogen) atoms. The molecule has 0 bridgehead atoms. The molecule has 4 heteroatoms. The van der Waals surface area contributed by atoms with Crippen LogP contribution in [0.1, 0.15) is 18.5 Å². The molecule has 3 rings (SSSR count). The summed E-state index contributed by atoms with van der Waals surface area (Å²) in [7, 11) is 0. The molecule has 2 aliphatic rings. The number of pyridine rings is 1. The van der Waals surface area contributed by atoms with Gasteiger partial charge in [-0.1, -0.05) is 0 Å². The molecule has 0 spiro atoms. The maximum absolute atomic E-state index is 5.57. The minimum atomic E-state index is 0.523. The van der Waals surface area contributed by atoms with Crippen molar-refractivity contribution in [1.29, 1.82) is 0 Å². The molecule has 2 fully saturated rings. The predicted molar refractivity (Wildman–Crippen MR) is 73.5 cm³/mol. The van der Waals surface area contributed by atoms with Gasteiger partial charge in [-0.3, -0.25) is 9.88 Å². The summed E-state index contributed by atoms with van der Waals surface area (Å²) >= 11 is 0. The van der Waals surface area contributed by atoms with Crippen LogP contribution in [0.25, 0.3) is 0 Å². The van der Waals surface area contributed by atoms with E-state index in [1.807, 2.05) is 12.3 Å². The first kappa shape index (κ1) is 11.9. The van der Waals surface area contributed by atoms with Crippen molar-refractivity contribution in [2.75, 3.05) is 37.6 Å². The van der Waals surface area contributed by atoms with E-state index in [1.54, 1.807) is 0 Å². The van der Waals surface area contributed by atoms with E-state index in [0.717, 1.165) is 24.7 Å². The lowest BCUT2D eigenvalue weighted by Gasteiger charge is -2.36. The first-order valence-corrected chi connectivity index (χ1v) is 6.97. The van der Waals surface area contributed by atoms with Crippen molar-refractivity contribution in [2.45, 2.75) is 19.4 Å². The molecule has 2 heterocycles. The van der Waals surface area contributed by atoms with Crippen LogP contribution < -0.4 is 10.6 Å². The summed E-state index contributed by atoms with van der Waals surface area (Å²) in [5, 5.41) is 0. The lowest BCUT2D eigenvalue weighted by atomic mass is 10.2. The van der Waals surface area contributed by atoms with E-state index in [2.05, 4.69) is 20.9 Å². The molecule has 1 saturated carbocycles. The Morgan fingerprint density at radius 3 is 2.50 bits per heavy atom. The Morgan fingerprint density at radius 1 is 1.17 bits per heavy atom. The van der Waals surface area contributed by atoms with E-state index in [0.29, 0.717) is 6.54 Å². The van der Waals surface area contributed by atoms with E-state index in [-0.39, 0.29) is 0 Å². The van der Waals surface area contributed by atoms with Crippen LogP contribution in [0.4, 0.5) is 5.69 Å². The number of piperazine rings is 1. The second-order valence-corrected chi connectivity index (χ2v) is 5.44. The molecular weight excluding hydrogens is 224 g/mol. The molecular formula is C14H22N4. The monoisotopic (exact) mass is 246 g/mol. The number of rotatable bonds is 4. The largest absolute Gasteiger partial charge is 0.368 e. The van der Waals surface area contributed by atoms with Crippen LogP contribution in [0.5, 0.6) is 0 Å². The first-order valence-electron chi connectivity index (χ1n) is 6.97.